The van der Waals surface area contributed by atoms with Gasteiger partial charge in [0.2, 0.25) is 0 Å². The molecule has 0 bridgehead atoms. The zero-order chi connectivity index (χ0) is 13.3. The Morgan fingerprint density at radius 1 is 1.22 bits per heavy atom. The predicted octanol–water partition coefficient (Wildman–Crippen LogP) is 3.86. The van der Waals surface area contributed by atoms with Crippen LogP contribution in [0.4, 0.5) is 4.39 Å². The number of aromatic nitrogens is 1. The van der Waals surface area contributed by atoms with Gasteiger partial charge in [0, 0.05) is 30.2 Å². The van der Waals surface area contributed by atoms with Gasteiger partial charge >= 0.3 is 0 Å². The Hall–Kier alpha value is -1.35. The second-order valence-corrected chi connectivity index (χ2v) is 5.33. The molecule has 1 aromatic heterocycles. The van der Waals surface area contributed by atoms with E-state index in [0.717, 1.165) is 17.5 Å². The van der Waals surface area contributed by atoms with Crippen molar-refractivity contribution in [2.24, 2.45) is 0 Å². The molecule has 2 nitrogen and oxygen atoms in total. The van der Waals surface area contributed by atoms with Crippen molar-refractivity contribution in [3.05, 3.63) is 35.8 Å². The van der Waals surface area contributed by atoms with Crippen LogP contribution in [0.15, 0.2) is 24.4 Å². The van der Waals surface area contributed by atoms with Gasteiger partial charge in [-0.25, -0.2) is 4.39 Å². The van der Waals surface area contributed by atoms with Crippen molar-refractivity contribution >= 4 is 10.9 Å². The molecule has 3 heteroatoms. The standard InChI is InChI=1S/C15H21FN2/c1-10(2)17-8-12-9-18(11(3)4)15-13(12)6-5-7-14(15)16/h5-7,9-11,17H,8H2,1-4H3. The SMILES string of the molecule is CC(C)NCc1cn(C(C)C)c2c(F)cccc12. The number of fused-ring (bicyclic) bond motifs is 1. The van der Waals surface area contributed by atoms with Gasteiger partial charge in [0.15, 0.2) is 0 Å². The monoisotopic (exact) mass is 248 g/mol. The Kier molecular flexibility index (Phi) is 3.71. The number of benzene rings is 1. The Morgan fingerprint density at radius 2 is 1.94 bits per heavy atom. The topological polar surface area (TPSA) is 17.0 Å². The van der Waals surface area contributed by atoms with Crippen LogP contribution in [0.3, 0.4) is 0 Å². The van der Waals surface area contributed by atoms with E-state index in [2.05, 4.69) is 39.2 Å². The lowest BCUT2D eigenvalue weighted by Gasteiger charge is -2.09. The number of nitrogens with one attached hydrogen (secondary N) is 1. The van der Waals surface area contributed by atoms with Gasteiger partial charge in [-0.1, -0.05) is 26.0 Å². The Morgan fingerprint density at radius 3 is 2.56 bits per heavy atom. The molecule has 1 heterocycles. The maximum absolute atomic E-state index is 14.0. The molecule has 1 N–H and O–H groups in total. The van der Waals surface area contributed by atoms with Crippen LogP contribution >= 0.6 is 0 Å². The predicted molar refractivity (Wildman–Crippen MR) is 74.3 cm³/mol. The highest BCUT2D eigenvalue weighted by molar-refractivity contribution is 5.84. The summed E-state index contributed by atoms with van der Waals surface area (Å²) in [5.41, 5.74) is 1.87. The van der Waals surface area contributed by atoms with Gasteiger partial charge in [-0.2, -0.15) is 0 Å². The van der Waals surface area contributed by atoms with Gasteiger partial charge in [0.05, 0.1) is 5.52 Å². The van der Waals surface area contributed by atoms with Crippen molar-refractivity contribution in [1.29, 1.82) is 0 Å². The van der Waals surface area contributed by atoms with Gasteiger partial charge in [-0.05, 0) is 25.5 Å². The van der Waals surface area contributed by atoms with Crippen LogP contribution < -0.4 is 5.32 Å². The molecular formula is C15H21FN2. The summed E-state index contributed by atoms with van der Waals surface area (Å²) in [6, 6.07) is 5.99. The van der Waals surface area contributed by atoms with Crippen molar-refractivity contribution in [3.8, 4) is 0 Å². The van der Waals surface area contributed by atoms with Gasteiger partial charge < -0.3 is 9.88 Å². The first-order valence-electron chi connectivity index (χ1n) is 6.52. The van der Waals surface area contributed by atoms with E-state index in [1.54, 1.807) is 6.07 Å². The highest BCUT2D eigenvalue weighted by atomic mass is 19.1. The molecule has 0 saturated heterocycles. The summed E-state index contributed by atoms with van der Waals surface area (Å²) < 4.78 is 16.0. The minimum absolute atomic E-state index is 0.142. The summed E-state index contributed by atoms with van der Waals surface area (Å²) in [6.45, 7) is 9.15. The third-order valence-corrected chi connectivity index (χ3v) is 3.14. The fourth-order valence-corrected chi connectivity index (χ4v) is 2.20. The number of rotatable bonds is 4. The Bertz CT molecular complexity index is 541. The maximum atomic E-state index is 14.0. The fraction of sp³-hybridized carbons (Fsp3) is 0.467. The van der Waals surface area contributed by atoms with E-state index in [1.165, 1.54) is 6.07 Å². The minimum Gasteiger partial charge on any atom is -0.342 e. The largest absolute Gasteiger partial charge is 0.342 e. The van der Waals surface area contributed by atoms with E-state index in [9.17, 15) is 4.39 Å². The summed E-state index contributed by atoms with van der Waals surface area (Å²) in [6.07, 6.45) is 2.06. The molecule has 0 aliphatic heterocycles. The van der Waals surface area contributed by atoms with Crippen LogP contribution in [-0.4, -0.2) is 10.6 Å². The van der Waals surface area contributed by atoms with E-state index < -0.39 is 0 Å². The highest BCUT2D eigenvalue weighted by Crippen LogP contribution is 2.26. The van der Waals surface area contributed by atoms with Crippen LogP contribution in [-0.2, 0) is 6.54 Å². The van der Waals surface area contributed by atoms with Crippen LogP contribution in [0.5, 0.6) is 0 Å². The summed E-state index contributed by atoms with van der Waals surface area (Å²) >= 11 is 0. The molecule has 0 atom stereocenters. The molecule has 1 aromatic carbocycles. The van der Waals surface area contributed by atoms with Crippen molar-refractivity contribution in [1.82, 2.24) is 9.88 Å². The third kappa shape index (κ3) is 2.41. The van der Waals surface area contributed by atoms with Crippen LogP contribution in [0.2, 0.25) is 0 Å². The van der Waals surface area contributed by atoms with Crippen LogP contribution in [0, 0.1) is 5.82 Å². The van der Waals surface area contributed by atoms with E-state index in [-0.39, 0.29) is 11.9 Å². The maximum Gasteiger partial charge on any atom is 0.147 e. The van der Waals surface area contributed by atoms with Gasteiger partial charge in [-0.15, -0.1) is 0 Å². The first kappa shape index (κ1) is 13.1. The summed E-state index contributed by atoms with van der Waals surface area (Å²) in [5.74, 6) is -0.142. The lowest BCUT2D eigenvalue weighted by molar-refractivity contribution is 0.577. The van der Waals surface area contributed by atoms with E-state index in [1.807, 2.05) is 10.6 Å². The summed E-state index contributed by atoms with van der Waals surface area (Å²) in [7, 11) is 0. The van der Waals surface area contributed by atoms with E-state index >= 15 is 0 Å². The Balaban J connectivity index is 2.51. The fourth-order valence-electron chi connectivity index (χ4n) is 2.20. The van der Waals surface area contributed by atoms with Crippen molar-refractivity contribution in [2.45, 2.75) is 46.3 Å². The summed E-state index contributed by atoms with van der Waals surface area (Å²) in [4.78, 5) is 0. The molecule has 0 saturated carbocycles. The molecule has 18 heavy (non-hydrogen) atoms. The molecule has 0 aliphatic carbocycles. The lowest BCUT2D eigenvalue weighted by atomic mass is 10.1. The van der Waals surface area contributed by atoms with E-state index in [4.69, 9.17) is 0 Å². The molecule has 0 aliphatic rings. The minimum atomic E-state index is -0.142. The summed E-state index contributed by atoms with van der Waals surface area (Å²) in [5, 5.41) is 4.40. The van der Waals surface area contributed by atoms with Crippen molar-refractivity contribution in [3.63, 3.8) is 0 Å². The third-order valence-electron chi connectivity index (χ3n) is 3.14. The van der Waals surface area contributed by atoms with Crippen LogP contribution in [0.25, 0.3) is 10.9 Å². The van der Waals surface area contributed by atoms with Gasteiger partial charge in [-0.3, -0.25) is 0 Å². The molecule has 0 unspecified atom stereocenters. The first-order chi connectivity index (χ1) is 8.50. The molecule has 2 rings (SSSR count). The van der Waals surface area contributed by atoms with Gasteiger partial charge in [0.1, 0.15) is 5.82 Å². The molecule has 98 valence electrons. The molecule has 0 amide bonds. The second-order valence-electron chi connectivity index (χ2n) is 5.33. The molecule has 2 aromatic rings. The molecular weight excluding hydrogens is 227 g/mol. The average molecular weight is 248 g/mol. The lowest BCUT2D eigenvalue weighted by Crippen LogP contribution is -2.21. The number of hydrogen-bond donors (Lipinski definition) is 1. The molecule has 0 spiro atoms. The quantitative estimate of drug-likeness (QED) is 0.869. The Labute approximate surface area is 108 Å². The smallest absolute Gasteiger partial charge is 0.147 e. The average Bonchev–Trinajstić information content (AvgIpc) is 2.67. The first-order valence-corrected chi connectivity index (χ1v) is 6.52. The molecule has 0 fully saturated rings. The van der Waals surface area contributed by atoms with Gasteiger partial charge in [0.25, 0.3) is 0 Å². The zero-order valence-corrected chi connectivity index (χ0v) is 11.5. The molecule has 0 radical (unpaired) electrons. The van der Waals surface area contributed by atoms with Crippen molar-refractivity contribution < 1.29 is 4.39 Å². The number of para-hydroxylation sites is 1. The highest BCUT2D eigenvalue weighted by Gasteiger charge is 2.13. The number of halogens is 1. The van der Waals surface area contributed by atoms with E-state index in [0.29, 0.717) is 11.6 Å². The number of nitrogens with zero attached hydrogens (tertiary/aromatic N) is 1. The van der Waals surface area contributed by atoms with Crippen LogP contribution in [0.1, 0.15) is 39.3 Å². The zero-order valence-electron chi connectivity index (χ0n) is 11.5. The normalized spacial score (nSPS) is 11.9. The number of hydrogen-bond acceptors (Lipinski definition) is 1. The van der Waals surface area contributed by atoms with Crippen molar-refractivity contribution in [2.75, 3.05) is 0 Å². The second kappa shape index (κ2) is 5.11.